The molecule has 100 valence electrons. The first-order valence-electron chi connectivity index (χ1n) is 5.87. The molecule has 0 heterocycles. The fraction of sp³-hybridized carbons (Fsp3) is 0.200. The van der Waals surface area contributed by atoms with Gasteiger partial charge in [0.1, 0.15) is 0 Å². The second kappa shape index (κ2) is 5.96. The van der Waals surface area contributed by atoms with Crippen LogP contribution < -0.4 is 5.73 Å². The zero-order valence-electron chi connectivity index (χ0n) is 10.7. The van der Waals surface area contributed by atoms with Gasteiger partial charge in [0.2, 0.25) is 0 Å². The average molecular weight is 404 g/mol. The van der Waals surface area contributed by atoms with E-state index in [2.05, 4.69) is 57.8 Å². The van der Waals surface area contributed by atoms with Crippen LogP contribution in [0.1, 0.15) is 28.3 Å². The van der Waals surface area contributed by atoms with Crippen LogP contribution in [-0.2, 0) is 0 Å². The normalized spacial score (nSPS) is 12.5. The van der Waals surface area contributed by atoms with Crippen molar-refractivity contribution in [2.45, 2.75) is 19.9 Å². The molecule has 0 aromatic heterocycles. The molecule has 19 heavy (non-hydrogen) atoms. The summed E-state index contributed by atoms with van der Waals surface area (Å²) in [5.41, 5.74) is 10.9. The molecule has 0 saturated heterocycles. The van der Waals surface area contributed by atoms with E-state index >= 15 is 0 Å². The second-order valence-electron chi connectivity index (χ2n) is 4.60. The Morgan fingerprint density at radius 3 is 2.32 bits per heavy atom. The summed E-state index contributed by atoms with van der Waals surface area (Å²) in [6, 6.07) is 9.72. The summed E-state index contributed by atoms with van der Waals surface area (Å²) in [7, 11) is 0. The Kier molecular flexibility index (Phi) is 4.72. The lowest BCUT2D eigenvalue weighted by atomic mass is 9.94. The van der Waals surface area contributed by atoms with Gasteiger partial charge in [-0.3, -0.25) is 0 Å². The van der Waals surface area contributed by atoms with Crippen LogP contribution in [0.2, 0.25) is 5.02 Å². The lowest BCUT2D eigenvalue weighted by Crippen LogP contribution is -2.14. The zero-order valence-corrected chi connectivity index (χ0v) is 14.6. The molecule has 0 aliphatic rings. The van der Waals surface area contributed by atoms with Crippen LogP contribution in [0.5, 0.6) is 0 Å². The van der Waals surface area contributed by atoms with E-state index in [0.717, 1.165) is 25.6 Å². The zero-order chi connectivity index (χ0) is 14.2. The summed E-state index contributed by atoms with van der Waals surface area (Å²) in [6.07, 6.45) is 0. The van der Waals surface area contributed by atoms with E-state index in [-0.39, 0.29) is 6.04 Å². The van der Waals surface area contributed by atoms with Gasteiger partial charge in [-0.05, 0) is 60.4 Å². The predicted octanol–water partition coefficient (Wildman–Crippen LogP) is 5.53. The van der Waals surface area contributed by atoms with Crippen LogP contribution in [0.25, 0.3) is 0 Å². The molecule has 0 bridgehead atoms. The first-order chi connectivity index (χ1) is 8.90. The standard InChI is InChI=1S/C15H14Br2ClN/c1-8-6-14(17)9(2)5-11(8)15(19)12-7-10(18)3-4-13(12)16/h3-7,15H,19H2,1-2H3. The third-order valence-corrected chi connectivity index (χ3v) is 4.99. The minimum Gasteiger partial charge on any atom is -0.320 e. The number of hydrogen-bond donors (Lipinski definition) is 1. The van der Waals surface area contributed by atoms with Crippen LogP contribution in [0.3, 0.4) is 0 Å². The maximum atomic E-state index is 6.40. The molecule has 1 nitrogen and oxygen atoms in total. The van der Waals surface area contributed by atoms with Crippen molar-refractivity contribution in [3.63, 3.8) is 0 Å². The molecular formula is C15H14Br2ClN. The van der Waals surface area contributed by atoms with E-state index in [4.69, 9.17) is 17.3 Å². The predicted molar refractivity (Wildman–Crippen MR) is 88.8 cm³/mol. The smallest absolute Gasteiger partial charge is 0.0566 e. The van der Waals surface area contributed by atoms with Gasteiger partial charge in [-0.25, -0.2) is 0 Å². The van der Waals surface area contributed by atoms with Crippen molar-refractivity contribution < 1.29 is 0 Å². The molecule has 0 spiro atoms. The van der Waals surface area contributed by atoms with Gasteiger partial charge in [0.15, 0.2) is 0 Å². The van der Waals surface area contributed by atoms with Gasteiger partial charge in [0.25, 0.3) is 0 Å². The quantitative estimate of drug-likeness (QED) is 0.701. The lowest BCUT2D eigenvalue weighted by Gasteiger charge is -2.18. The van der Waals surface area contributed by atoms with Crippen LogP contribution in [-0.4, -0.2) is 0 Å². The summed E-state index contributed by atoms with van der Waals surface area (Å²) in [4.78, 5) is 0. The van der Waals surface area contributed by atoms with Crippen molar-refractivity contribution in [3.05, 3.63) is 66.6 Å². The van der Waals surface area contributed by atoms with Gasteiger partial charge in [0.05, 0.1) is 6.04 Å². The molecule has 0 radical (unpaired) electrons. The Morgan fingerprint density at radius 2 is 1.63 bits per heavy atom. The number of benzene rings is 2. The van der Waals surface area contributed by atoms with Gasteiger partial charge in [0, 0.05) is 14.0 Å². The highest BCUT2D eigenvalue weighted by molar-refractivity contribution is 9.10. The molecular weight excluding hydrogens is 389 g/mol. The number of halogens is 3. The van der Waals surface area contributed by atoms with E-state index in [1.54, 1.807) is 0 Å². The molecule has 1 unspecified atom stereocenters. The summed E-state index contributed by atoms with van der Waals surface area (Å²) >= 11 is 13.1. The molecule has 0 fully saturated rings. The van der Waals surface area contributed by atoms with Crippen LogP contribution in [0, 0.1) is 13.8 Å². The molecule has 0 saturated carbocycles. The molecule has 0 aliphatic heterocycles. The molecule has 0 amide bonds. The van der Waals surface area contributed by atoms with Crippen molar-refractivity contribution in [3.8, 4) is 0 Å². The third-order valence-electron chi connectivity index (χ3n) is 3.18. The van der Waals surface area contributed by atoms with Crippen LogP contribution in [0.4, 0.5) is 0 Å². The van der Waals surface area contributed by atoms with Crippen LogP contribution >= 0.6 is 43.5 Å². The fourth-order valence-corrected chi connectivity index (χ4v) is 3.19. The largest absolute Gasteiger partial charge is 0.320 e. The Morgan fingerprint density at radius 1 is 0.947 bits per heavy atom. The van der Waals surface area contributed by atoms with Gasteiger partial charge >= 0.3 is 0 Å². The Bertz CT molecular complexity index is 626. The molecule has 2 aromatic rings. The highest BCUT2D eigenvalue weighted by Crippen LogP contribution is 2.32. The topological polar surface area (TPSA) is 26.0 Å². The van der Waals surface area contributed by atoms with Crippen molar-refractivity contribution in [2.75, 3.05) is 0 Å². The molecule has 2 N–H and O–H groups in total. The molecule has 2 rings (SSSR count). The number of aryl methyl sites for hydroxylation is 2. The van der Waals surface area contributed by atoms with E-state index in [0.29, 0.717) is 5.02 Å². The molecule has 0 aliphatic carbocycles. The number of hydrogen-bond acceptors (Lipinski definition) is 1. The summed E-state index contributed by atoms with van der Waals surface area (Å²) in [5.74, 6) is 0. The van der Waals surface area contributed by atoms with Gasteiger partial charge < -0.3 is 5.73 Å². The van der Waals surface area contributed by atoms with E-state index < -0.39 is 0 Å². The first-order valence-corrected chi connectivity index (χ1v) is 7.83. The number of nitrogens with two attached hydrogens (primary N) is 1. The monoisotopic (exact) mass is 401 g/mol. The Balaban J connectivity index is 2.52. The van der Waals surface area contributed by atoms with E-state index in [1.807, 2.05) is 18.2 Å². The minimum absolute atomic E-state index is 0.195. The van der Waals surface area contributed by atoms with Crippen LogP contribution in [0.15, 0.2) is 39.3 Å². The summed E-state index contributed by atoms with van der Waals surface area (Å²) < 4.78 is 2.08. The maximum absolute atomic E-state index is 6.40. The molecule has 4 heteroatoms. The van der Waals surface area contributed by atoms with Crippen molar-refractivity contribution >= 4 is 43.5 Å². The first kappa shape index (κ1) is 15.0. The van der Waals surface area contributed by atoms with Crippen molar-refractivity contribution in [2.24, 2.45) is 5.73 Å². The highest BCUT2D eigenvalue weighted by atomic mass is 79.9. The summed E-state index contributed by atoms with van der Waals surface area (Å²) in [5, 5.41) is 0.695. The molecule has 2 aromatic carbocycles. The Labute approximate surface area is 135 Å². The minimum atomic E-state index is -0.195. The third kappa shape index (κ3) is 3.22. The van der Waals surface area contributed by atoms with Crippen molar-refractivity contribution in [1.29, 1.82) is 0 Å². The average Bonchev–Trinajstić information content (AvgIpc) is 2.36. The van der Waals surface area contributed by atoms with Gasteiger partial charge in [-0.15, -0.1) is 0 Å². The second-order valence-corrected chi connectivity index (χ2v) is 6.75. The maximum Gasteiger partial charge on any atom is 0.0566 e. The highest BCUT2D eigenvalue weighted by Gasteiger charge is 2.16. The summed E-state index contributed by atoms with van der Waals surface area (Å²) in [6.45, 7) is 4.13. The van der Waals surface area contributed by atoms with Gasteiger partial charge in [-0.1, -0.05) is 49.5 Å². The van der Waals surface area contributed by atoms with E-state index in [9.17, 15) is 0 Å². The van der Waals surface area contributed by atoms with Gasteiger partial charge in [-0.2, -0.15) is 0 Å². The fourth-order valence-electron chi connectivity index (χ4n) is 2.06. The number of rotatable bonds is 2. The SMILES string of the molecule is Cc1cc(C(N)c2cc(Cl)ccc2Br)c(C)cc1Br. The van der Waals surface area contributed by atoms with E-state index in [1.165, 1.54) is 5.56 Å². The Hall–Kier alpha value is -0.350. The molecule has 1 atom stereocenters. The van der Waals surface area contributed by atoms with Crippen molar-refractivity contribution in [1.82, 2.24) is 0 Å². The lowest BCUT2D eigenvalue weighted by molar-refractivity contribution is 0.854.